The average Bonchev–Trinajstić information content (AvgIpc) is 2.73. The van der Waals surface area contributed by atoms with E-state index in [0.29, 0.717) is 0 Å². The number of hydrazine groups is 1. The summed E-state index contributed by atoms with van der Waals surface area (Å²) in [5.74, 6) is 5.52. The number of aryl methyl sites for hydroxylation is 1. The molecule has 6 heteroatoms. The Bertz CT molecular complexity index is 441. The molecule has 0 fully saturated rings. The maximum atomic E-state index is 5.52. The normalized spacial score (nSPS) is 12.6. The lowest BCUT2D eigenvalue weighted by molar-refractivity contribution is 0.531. The molecule has 0 aliphatic heterocycles. The smallest absolute Gasteiger partial charge is 0.0897 e. The van der Waals surface area contributed by atoms with Crippen molar-refractivity contribution < 1.29 is 0 Å². The fraction of sp³-hybridized carbons (Fsp3) is 0.300. The molecule has 0 saturated carbocycles. The third kappa shape index (κ3) is 2.60. The lowest BCUT2D eigenvalue weighted by atomic mass is 10.1. The van der Waals surface area contributed by atoms with Gasteiger partial charge in [0.2, 0.25) is 0 Å². The zero-order valence-corrected chi connectivity index (χ0v) is 9.74. The van der Waals surface area contributed by atoms with Crippen LogP contribution in [0.2, 0.25) is 0 Å². The summed E-state index contributed by atoms with van der Waals surface area (Å²) in [6.07, 6.45) is 5.74. The van der Waals surface area contributed by atoms with Gasteiger partial charge in [0.05, 0.1) is 28.6 Å². The van der Waals surface area contributed by atoms with Gasteiger partial charge in [0, 0.05) is 24.2 Å². The Morgan fingerprint density at radius 1 is 1.50 bits per heavy atom. The molecule has 0 saturated heterocycles. The molecule has 5 nitrogen and oxygen atoms in total. The highest BCUT2D eigenvalue weighted by atomic mass is 32.1. The largest absolute Gasteiger partial charge is 0.271 e. The van der Waals surface area contributed by atoms with Crippen molar-refractivity contribution in [3.8, 4) is 0 Å². The molecule has 1 unspecified atom stereocenters. The van der Waals surface area contributed by atoms with Crippen LogP contribution in [0.25, 0.3) is 0 Å². The van der Waals surface area contributed by atoms with Crippen LogP contribution in [0.1, 0.15) is 22.4 Å². The first-order chi connectivity index (χ1) is 7.79. The van der Waals surface area contributed by atoms with Gasteiger partial charge in [-0.05, 0) is 6.92 Å². The van der Waals surface area contributed by atoms with Crippen molar-refractivity contribution in [2.75, 3.05) is 0 Å². The lowest BCUT2D eigenvalue weighted by Gasteiger charge is -2.12. The number of nitrogens with two attached hydrogens (primary N) is 1. The summed E-state index contributed by atoms with van der Waals surface area (Å²) in [6.45, 7) is 1.99. The van der Waals surface area contributed by atoms with Crippen LogP contribution >= 0.6 is 11.3 Å². The van der Waals surface area contributed by atoms with Gasteiger partial charge in [-0.2, -0.15) is 0 Å². The summed E-state index contributed by atoms with van der Waals surface area (Å²) in [6, 6.07) is -0.0461. The van der Waals surface area contributed by atoms with E-state index < -0.39 is 0 Å². The predicted molar refractivity (Wildman–Crippen MR) is 62.7 cm³/mol. The number of nitrogens with zero attached hydrogens (tertiary/aromatic N) is 3. The zero-order chi connectivity index (χ0) is 11.4. The molecular formula is C10H13N5S. The zero-order valence-electron chi connectivity index (χ0n) is 8.92. The van der Waals surface area contributed by atoms with Crippen molar-refractivity contribution in [2.45, 2.75) is 19.4 Å². The first-order valence-electron chi connectivity index (χ1n) is 4.92. The van der Waals surface area contributed by atoms with Gasteiger partial charge in [0.1, 0.15) is 0 Å². The van der Waals surface area contributed by atoms with Crippen LogP contribution in [0.15, 0.2) is 24.0 Å². The standard InChI is InChI=1S/C10H13N5S/c1-7-14-8(6-16-7)4-9(15-11)10-5-12-2-3-13-10/h2-3,5-6,9,15H,4,11H2,1H3. The van der Waals surface area contributed by atoms with Gasteiger partial charge in [0.25, 0.3) is 0 Å². The molecule has 0 aromatic carbocycles. The van der Waals surface area contributed by atoms with Crippen LogP contribution in [0, 0.1) is 6.92 Å². The molecule has 3 N–H and O–H groups in total. The van der Waals surface area contributed by atoms with Crippen LogP contribution < -0.4 is 11.3 Å². The van der Waals surface area contributed by atoms with Crippen molar-refractivity contribution in [2.24, 2.45) is 5.84 Å². The lowest BCUT2D eigenvalue weighted by Crippen LogP contribution is -2.30. The fourth-order valence-electron chi connectivity index (χ4n) is 1.45. The van der Waals surface area contributed by atoms with Crippen molar-refractivity contribution in [3.63, 3.8) is 0 Å². The molecule has 84 valence electrons. The molecule has 2 aromatic rings. The van der Waals surface area contributed by atoms with Crippen molar-refractivity contribution >= 4 is 11.3 Å². The predicted octanol–water partition coefficient (Wildman–Crippen LogP) is 0.989. The summed E-state index contributed by atoms with van der Waals surface area (Å²) in [5, 5.41) is 3.10. The highest BCUT2D eigenvalue weighted by Crippen LogP contribution is 2.16. The van der Waals surface area contributed by atoms with E-state index in [9.17, 15) is 0 Å². The molecule has 0 radical (unpaired) electrons. The SMILES string of the molecule is Cc1nc(CC(NN)c2cnccn2)cs1. The van der Waals surface area contributed by atoms with E-state index in [4.69, 9.17) is 5.84 Å². The molecule has 2 aromatic heterocycles. The van der Waals surface area contributed by atoms with Crippen LogP contribution in [0.3, 0.4) is 0 Å². The van der Waals surface area contributed by atoms with E-state index in [1.165, 1.54) is 0 Å². The third-order valence-corrected chi connectivity index (χ3v) is 3.04. The minimum Gasteiger partial charge on any atom is -0.271 e. The minimum absolute atomic E-state index is 0.0461. The summed E-state index contributed by atoms with van der Waals surface area (Å²) < 4.78 is 0. The van der Waals surface area contributed by atoms with Crippen molar-refractivity contribution in [1.82, 2.24) is 20.4 Å². The Labute approximate surface area is 97.7 Å². The number of thiazole rings is 1. The number of rotatable bonds is 4. The second-order valence-electron chi connectivity index (χ2n) is 3.41. The van der Waals surface area contributed by atoms with Gasteiger partial charge in [-0.25, -0.2) is 4.98 Å². The molecule has 0 aliphatic rings. The van der Waals surface area contributed by atoms with Gasteiger partial charge in [-0.1, -0.05) is 0 Å². The molecular weight excluding hydrogens is 222 g/mol. The highest BCUT2D eigenvalue weighted by molar-refractivity contribution is 7.09. The number of hydrogen-bond donors (Lipinski definition) is 2. The Kier molecular flexibility index (Phi) is 3.55. The second kappa shape index (κ2) is 5.11. The molecule has 0 aliphatic carbocycles. The van der Waals surface area contributed by atoms with Gasteiger partial charge in [0.15, 0.2) is 0 Å². The first-order valence-corrected chi connectivity index (χ1v) is 5.80. The number of hydrogen-bond acceptors (Lipinski definition) is 6. The van der Waals surface area contributed by atoms with E-state index in [1.807, 2.05) is 12.3 Å². The van der Waals surface area contributed by atoms with Gasteiger partial charge >= 0.3 is 0 Å². The molecule has 2 rings (SSSR count). The maximum absolute atomic E-state index is 5.52. The van der Waals surface area contributed by atoms with E-state index in [2.05, 4.69) is 20.4 Å². The Balaban J connectivity index is 2.12. The first kappa shape index (κ1) is 11.1. The van der Waals surface area contributed by atoms with Crippen LogP contribution in [0.4, 0.5) is 0 Å². The molecule has 0 bridgehead atoms. The van der Waals surface area contributed by atoms with Gasteiger partial charge in [-0.3, -0.25) is 21.2 Å². The van der Waals surface area contributed by atoms with Crippen LogP contribution in [-0.2, 0) is 6.42 Å². The Morgan fingerprint density at radius 3 is 2.94 bits per heavy atom. The van der Waals surface area contributed by atoms with E-state index in [1.54, 1.807) is 29.9 Å². The maximum Gasteiger partial charge on any atom is 0.0897 e. The molecule has 0 amide bonds. The summed E-state index contributed by atoms with van der Waals surface area (Å²) >= 11 is 1.64. The van der Waals surface area contributed by atoms with Gasteiger partial charge < -0.3 is 0 Å². The monoisotopic (exact) mass is 235 g/mol. The molecule has 2 heterocycles. The Hall–Kier alpha value is -1.37. The fourth-order valence-corrected chi connectivity index (χ4v) is 2.08. The highest BCUT2D eigenvalue weighted by Gasteiger charge is 2.13. The van der Waals surface area contributed by atoms with Crippen molar-refractivity contribution in [3.05, 3.63) is 40.4 Å². The average molecular weight is 235 g/mol. The van der Waals surface area contributed by atoms with Crippen LogP contribution in [-0.4, -0.2) is 15.0 Å². The quantitative estimate of drug-likeness (QED) is 0.610. The van der Waals surface area contributed by atoms with Crippen molar-refractivity contribution in [1.29, 1.82) is 0 Å². The molecule has 16 heavy (non-hydrogen) atoms. The van der Waals surface area contributed by atoms with Gasteiger partial charge in [-0.15, -0.1) is 11.3 Å². The number of aromatic nitrogens is 3. The topological polar surface area (TPSA) is 76.7 Å². The minimum atomic E-state index is -0.0461. The molecule has 1 atom stereocenters. The van der Waals surface area contributed by atoms with Crippen LogP contribution in [0.5, 0.6) is 0 Å². The van der Waals surface area contributed by atoms with E-state index >= 15 is 0 Å². The van der Waals surface area contributed by atoms with E-state index in [0.717, 1.165) is 22.8 Å². The summed E-state index contributed by atoms with van der Waals surface area (Å²) in [7, 11) is 0. The van der Waals surface area contributed by atoms with E-state index in [-0.39, 0.29) is 6.04 Å². The molecule has 0 spiro atoms. The number of nitrogens with one attached hydrogen (secondary N) is 1. The summed E-state index contributed by atoms with van der Waals surface area (Å²) in [5.41, 5.74) is 4.59. The Morgan fingerprint density at radius 2 is 2.38 bits per heavy atom. The summed E-state index contributed by atoms with van der Waals surface area (Å²) in [4.78, 5) is 12.6. The third-order valence-electron chi connectivity index (χ3n) is 2.22. The second-order valence-corrected chi connectivity index (χ2v) is 4.47.